The van der Waals surface area contributed by atoms with E-state index in [2.05, 4.69) is 9.97 Å². The lowest BCUT2D eigenvalue weighted by atomic mass is 9.87. The van der Waals surface area contributed by atoms with Crippen LogP contribution in [0.4, 0.5) is 13.2 Å². The number of nitrogens with zero attached hydrogens (tertiary/aromatic N) is 2. The number of aromatic nitrogens is 2. The molecule has 19 heavy (non-hydrogen) atoms. The number of hydrogen-bond acceptors (Lipinski definition) is 3. The summed E-state index contributed by atoms with van der Waals surface area (Å²) in [7, 11) is 0. The minimum absolute atomic E-state index is 0.272. The molecule has 0 fully saturated rings. The SMILES string of the molecule is CC(O)(c1cccnc1)c1cnccc1C(F)(F)F. The van der Waals surface area contributed by atoms with E-state index >= 15 is 0 Å². The lowest BCUT2D eigenvalue weighted by Crippen LogP contribution is -2.27. The third-order valence-electron chi connectivity index (χ3n) is 2.87. The second-order valence-corrected chi connectivity index (χ2v) is 4.23. The van der Waals surface area contributed by atoms with Crippen LogP contribution >= 0.6 is 0 Å². The summed E-state index contributed by atoms with van der Waals surface area (Å²) in [5.41, 5.74) is -2.74. The first-order chi connectivity index (χ1) is 8.83. The summed E-state index contributed by atoms with van der Waals surface area (Å²) in [5.74, 6) is 0. The third kappa shape index (κ3) is 2.58. The summed E-state index contributed by atoms with van der Waals surface area (Å²) in [5, 5.41) is 10.4. The first kappa shape index (κ1) is 13.5. The fourth-order valence-corrected chi connectivity index (χ4v) is 1.84. The van der Waals surface area contributed by atoms with Crippen LogP contribution in [0.2, 0.25) is 0 Å². The van der Waals surface area contributed by atoms with Crippen LogP contribution in [0.25, 0.3) is 0 Å². The molecule has 1 unspecified atom stereocenters. The van der Waals surface area contributed by atoms with Gasteiger partial charge in [0.1, 0.15) is 5.60 Å². The van der Waals surface area contributed by atoms with Gasteiger partial charge >= 0.3 is 6.18 Å². The lowest BCUT2D eigenvalue weighted by Gasteiger charge is -2.26. The number of aliphatic hydroxyl groups is 1. The molecule has 0 saturated heterocycles. The van der Waals surface area contributed by atoms with Gasteiger partial charge in [-0.15, -0.1) is 0 Å². The molecule has 2 aromatic rings. The van der Waals surface area contributed by atoms with Gasteiger partial charge in [-0.05, 0) is 19.1 Å². The molecule has 2 heterocycles. The monoisotopic (exact) mass is 268 g/mol. The van der Waals surface area contributed by atoms with Gasteiger partial charge in [0.2, 0.25) is 0 Å². The highest BCUT2D eigenvalue weighted by Gasteiger charge is 2.39. The number of pyridine rings is 2. The Balaban J connectivity index is 2.59. The van der Waals surface area contributed by atoms with Crippen LogP contribution in [0.15, 0.2) is 43.0 Å². The van der Waals surface area contributed by atoms with Crippen molar-refractivity contribution in [2.45, 2.75) is 18.7 Å². The van der Waals surface area contributed by atoms with Gasteiger partial charge < -0.3 is 5.11 Å². The van der Waals surface area contributed by atoms with E-state index in [0.29, 0.717) is 0 Å². The van der Waals surface area contributed by atoms with E-state index in [9.17, 15) is 18.3 Å². The van der Waals surface area contributed by atoms with Gasteiger partial charge in [0, 0.05) is 35.9 Å². The Morgan fingerprint density at radius 2 is 1.68 bits per heavy atom. The topological polar surface area (TPSA) is 46.0 Å². The van der Waals surface area contributed by atoms with Gasteiger partial charge in [0.25, 0.3) is 0 Å². The van der Waals surface area contributed by atoms with Crippen LogP contribution in [0.1, 0.15) is 23.6 Å². The third-order valence-corrected chi connectivity index (χ3v) is 2.87. The van der Waals surface area contributed by atoms with Crippen LogP contribution < -0.4 is 0 Å². The van der Waals surface area contributed by atoms with E-state index in [0.717, 1.165) is 18.5 Å². The van der Waals surface area contributed by atoms with Gasteiger partial charge in [-0.1, -0.05) is 6.07 Å². The van der Waals surface area contributed by atoms with Crippen LogP contribution in [0.5, 0.6) is 0 Å². The number of alkyl halides is 3. The molecule has 3 nitrogen and oxygen atoms in total. The number of halogens is 3. The van der Waals surface area contributed by atoms with E-state index in [1.807, 2.05) is 0 Å². The molecule has 0 aromatic carbocycles. The maximum atomic E-state index is 12.9. The normalized spacial score (nSPS) is 15.0. The Labute approximate surface area is 107 Å². The molecule has 0 aliphatic rings. The minimum Gasteiger partial charge on any atom is -0.381 e. The largest absolute Gasteiger partial charge is 0.416 e. The minimum atomic E-state index is -4.55. The van der Waals surface area contributed by atoms with Crippen LogP contribution in [-0.2, 0) is 11.8 Å². The van der Waals surface area contributed by atoms with Crippen molar-refractivity contribution in [3.05, 3.63) is 59.7 Å². The Hall–Kier alpha value is -1.95. The highest BCUT2D eigenvalue weighted by molar-refractivity contribution is 5.38. The average Bonchev–Trinajstić information content (AvgIpc) is 2.39. The van der Waals surface area contributed by atoms with Crippen molar-refractivity contribution in [2.75, 3.05) is 0 Å². The van der Waals surface area contributed by atoms with Gasteiger partial charge in [0.05, 0.1) is 5.56 Å². The van der Waals surface area contributed by atoms with Crippen molar-refractivity contribution in [1.82, 2.24) is 9.97 Å². The molecule has 2 aromatic heterocycles. The highest BCUT2D eigenvalue weighted by Crippen LogP contribution is 2.38. The van der Waals surface area contributed by atoms with E-state index in [4.69, 9.17) is 0 Å². The molecule has 1 atom stereocenters. The molecule has 0 spiro atoms. The summed E-state index contributed by atoms with van der Waals surface area (Å²) in [6.07, 6.45) is 0.326. The predicted octanol–water partition coefficient (Wildman–Crippen LogP) is 2.75. The molecule has 0 amide bonds. The highest BCUT2D eigenvalue weighted by atomic mass is 19.4. The Bertz CT molecular complexity index is 568. The first-order valence-corrected chi connectivity index (χ1v) is 5.48. The van der Waals surface area contributed by atoms with E-state index in [1.165, 1.54) is 25.4 Å². The van der Waals surface area contributed by atoms with E-state index in [1.54, 1.807) is 6.07 Å². The van der Waals surface area contributed by atoms with Gasteiger partial charge in [-0.2, -0.15) is 13.2 Å². The quantitative estimate of drug-likeness (QED) is 0.911. The van der Waals surface area contributed by atoms with Crippen LogP contribution in [0.3, 0.4) is 0 Å². The molecule has 0 aliphatic heterocycles. The Morgan fingerprint density at radius 1 is 1.00 bits per heavy atom. The number of hydrogen-bond donors (Lipinski definition) is 1. The molecular weight excluding hydrogens is 257 g/mol. The summed E-state index contributed by atoms with van der Waals surface area (Å²) < 4.78 is 38.8. The summed E-state index contributed by atoms with van der Waals surface area (Å²) in [4.78, 5) is 7.48. The Morgan fingerprint density at radius 3 is 2.26 bits per heavy atom. The molecule has 100 valence electrons. The van der Waals surface area contributed by atoms with Crippen molar-refractivity contribution in [1.29, 1.82) is 0 Å². The van der Waals surface area contributed by atoms with Crippen LogP contribution in [0, 0.1) is 0 Å². The summed E-state index contributed by atoms with van der Waals surface area (Å²) >= 11 is 0. The summed E-state index contributed by atoms with van der Waals surface area (Å²) in [6, 6.07) is 3.91. The fraction of sp³-hybridized carbons (Fsp3) is 0.231. The molecule has 0 aliphatic carbocycles. The standard InChI is InChI=1S/C13H11F3N2O/c1-12(19,9-3-2-5-17-7-9)11-8-18-6-4-10(11)13(14,15)16/h2-8,19H,1H3. The average molecular weight is 268 g/mol. The van der Waals surface area contributed by atoms with Crippen LogP contribution in [-0.4, -0.2) is 15.1 Å². The van der Waals surface area contributed by atoms with Gasteiger partial charge in [-0.3, -0.25) is 9.97 Å². The second-order valence-electron chi connectivity index (χ2n) is 4.23. The smallest absolute Gasteiger partial charge is 0.381 e. The van der Waals surface area contributed by atoms with E-state index in [-0.39, 0.29) is 11.1 Å². The van der Waals surface area contributed by atoms with Crippen molar-refractivity contribution in [3.63, 3.8) is 0 Å². The predicted molar refractivity (Wildman–Crippen MR) is 62.1 cm³/mol. The zero-order valence-corrected chi connectivity index (χ0v) is 10.0. The Kier molecular flexibility index (Phi) is 3.28. The first-order valence-electron chi connectivity index (χ1n) is 5.48. The number of rotatable bonds is 2. The van der Waals surface area contributed by atoms with Crippen molar-refractivity contribution >= 4 is 0 Å². The van der Waals surface area contributed by atoms with Crippen molar-refractivity contribution in [2.24, 2.45) is 0 Å². The lowest BCUT2D eigenvalue weighted by molar-refractivity contribution is -0.140. The molecule has 2 rings (SSSR count). The summed E-state index contributed by atoms with van der Waals surface area (Å²) in [6.45, 7) is 1.29. The van der Waals surface area contributed by atoms with Gasteiger partial charge in [-0.25, -0.2) is 0 Å². The molecular formula is C13H11F3N2O. The molecule has 0 radical (unpaired) electrons. The maximum absolute atomic E-state index is 12.9. The molecule has 6 heteroatoms. The van der Waals surface area contributed by atoms with Crippen molar-refractivity contribution < 1.29 is 18.3 Å². The molecule has 0 bridgehead atoms. The zero-order valence-electron chi connectivity index (χ0n) is 10.0. The molecule has 0 saturated carbocycles. The van der Waals surface area contributed by atoms with Gasteiger partial charge in [0.15, 0.2) is 0 Å². The molecule has 1 N–H and O–H groups in total. The zero-order chi connectivity index (χ0) is 14.1. The van der Waals surface area contributed by atoms with Crippen molar-refractivity contribution in [3.8, 4) is 0 Å². The second kappa shape index (κ2) is 4.62. The fourth-order valence-electron chi connectivity index (χ4n) is 1.84. The van der Waals surface area contributed by atoms with E-state index < -0.39 is 17.3 Å². The maximum Gasteiger partial charge on any atom is 0.416 e.